The van der Waals surface area contributed by atoms with Gasteiger partial charge in [0.2, 0.25) is 5.91 Å². The van der Waals surface area contributed by atoms with Crippen LogP contribution in [0.5, 0.6) is 0 Å². The number of amides is 1. The highest BCUT2D eigenvalue weighted by molar-refractivity contribution is 5.81. The highest BCUT2D eigenvalue weighted by Crippen LogP contribution is 2.30. The zero-order chi connectivity index (χ0) is 10.6. The second kappa shape index (κ2) is 4.45. The largest absolute Gasteiger partial charge is 0.292 e. The molecule has 1 fully saturated rings. The van der Waals surface area contributed by atoms with Crippen molar-refractivity contribution in [2.45, 2.75) is 19.8 Å². The fourth-order valence-corrected chi connectivity index (χ4v) is 1.70. The smallest absolute Gasteiger partial charge is 0.249 e. The van der Waals surface area contributed by atoms with Crippen LogP contribution in [0.2, 0.25) is 0 Å². The Labute approximate surface area is 84.2 Å². The summed E-state index contributed by atoms with van der Waals surface area (Å²) < 4.78 is 0. The molecule has 1 saturated heterocycles. The van der Waals surface area contributed by atoms with E-state index in [1.807, 2.05) is 6.92 Å². The molecule has 0 atom stereocenters. The lowest BCUT2D eigenvalue weighted by Gasteiger charge is -2.36. The maximum absolute atomic E-state index is 11.3. The van der Waals surface area contributed by atoms with Gasteiger partial charge in [0.15, 0.2) is 0 Å². The van der Waals surface area contributed by atoms with Gasteiger partial charge < -0.3 is 0 Å². The first-order valence-electron chi connectivity index (χ1n) is 4.73. The van der Waals surface area contributed by atoms with Crippen molar-refractivity contribution in [3.63, 3.8) is 0 Å². The quantitative estimate of drug-likeness (QED) is 0.377. The standard InChI is InChI=1S/C10H16N2O2/c1-3-6-12-7-4-10(2,5-8-12)9(13)11-14/h1,14H,4-8H2,2H3,(H,11,13). The molecular weight excluding hydrogens is 180 g/mol. The zero-order valence-electron chi connectivity index (χ0n) is 8.42. The van der Waals surface area contributed by atoms with Crippen LogP contribution in [0.25, 0.3) is 0 Å². The number of likely N-dealkylation sites (tertiary alicyclic amines) is 1. The lowest BCUT2D eigenvalue weighted by atomic mass is 9.80. The lowest BCUT2D eigenvalue weighted by molar-refractivity contribution is -0.141. The topological polar surface area (TPSA) is 52.6 Å². The van der Waals surface area contributed by atoms with Crippen LogP contribution in [0.4, 0.5) is 0 Å². The van der Waals surface area contributed by atoms with Crippen LogP contribution in [0.1, 0.15) is 19.8 Å². The van der Waals surface area contributed by atoms with Gasteiger partial charge in [-0.05, 0) is 12.8 Å². The van der Waals surface area contributed by atoms with Gasteiger partial charge >= 0.3 is 0 Å². The van der Waals surface area contributed by atoms with E-state index in [-0.39, 0.29) is 5.91 Å². The first-order chi connectivity index (χ1) is 6.62. The van der Waals surface area contributed by atoms with Gasteiger partial charge in [0.05, 0.1) is 12.0 Å². The first-order valence-corrected chi connectivity index (χ1v) is 4.73. The monoisotopic (exact) mass is 196 g/mol. The van der Waals surface area contributed by atoms with Crippen LogP contribution in [0.15, 0.2) is 0 Å². The fraction of sp³-hybridized carbons (Fsp3) is 0.700. The van der Waals surface area contributed by atoms with E-state index in [1.165, 1.54) is 0 Å². The molecule has 0 spiro atoms. The lowest BCUT2D eigenvalue weighted by Crippen LogP contribution is -2.46. The summed E-state index contributed by atoms with van der Waals surface area (Å²) in [6.07, 6.45) is 6.68. The van der Waals surface area contributed by atoms with Crippen molar-refractivity contribution in [2.24, 2.45) is 5.41 Å². The van der Waals surface area contributed by atoms with E-state index in [0.717, 1.165) is 25.9 Å². The van der Waals surface area contributed by atoms with Crippen LogP contribution in [0, 0.1) is 17.8 Å². The molecule has 0 aromatic heterocycles. The molecule has 14 heavy (non-hydrogen) atoms. The minimum absolute atomic E-state index is 0.294. The number of nitrogens with zero attached hydrogens (tertiary/aromatic N) is 1. The second-order valence-corrected chi connectivity index (χ2v) is 3.98. The number of nitrogens with one attached hydrogen (secondary N) is 1. The predicted octanol–water partition coefficient (Wildman–Crippen LogP) is 0.227. The summed E-state index contributed by atoms with van der Waals surface area (Å²) in [5, 5.41) is 8.58. The molecule has 1 aliphatic rings. The molecule has 1 amide bonds. The molecule has 4 nitrogen and oxygen atoms in total. The molecule has 0 aromatic carbocycles. The van der Waals surface area contributed by atoms with Crippen LogP contribution < -0.4 is 5.48 Å². The maximum atomic E-state index is 11.3. The number of rotatable bonds is 2. The van der Waals surface area contributed by atoms with E-state index in [2.05, 4.69) is 10.8 Å². The van der Waals surface area contributed by atoms with Crippen molar-refractivity contribution in [2.75, 3.05) is 19.6 Å². The predicted molar refractivity (Wildman–Crippen MR) is 52.5 cm³/mol. The normalized spacial score (nSPS) is 21.2. The molecule has 0 radical (unpaired) electrons. The van der Waals surface area contributed by atoms with E-state index >= 15 is 0 Å². The maximum Gasteiger partial charge on any atom is 0.249 e. The minimum Gasteiger partial charge on any atom is -0.292 e. The number of carbonyl (C=O) groups is 1. The van der Waals surface area contributed by atoms with E-state index in [0.29, 0.717) is 6.54 Å². The third-order valence-electron chi connectivity index (χ3n) is 2.92. The summed E-state index contributed by atoms with van der Waals surface area (Å²) in [7, 11) is 0. The SMILES string of the molecule is C#CCN1CCC(C)(C(=O)NO)CC1. The molecule has 1 aliphatic heterocycles. The highest BCUT2D eigenvalue weighted by atomic mass is 16.5. The van der Waals surface area contributed by atoms with Gasteiger partial charge in [-0.15, -0.1) is 6.42 Å². The number of terminal acetylenes is 1. The molecule has 78 valence electrons. The summed E-state index contributed by atoms with van der Waals surface area (Å²) in [4.78, 5) is 13.5. The first kappa shape index (κ1) is 11.0. The van der Waals surface area contributed by atoms with Crippen LogP contribution >= 0.6 is 0 Å². The van der Waals surface area contributed by atoms with Crippen LogP contribution in [-0.2, 0) is 4.79 Å². The summed E-state index contributed by atoms with van der Waals surface area (Å²) in [5.41, 5.74) is 1.28. The number of piperidine rings is 1. The number of hydroxylamine groups is 1. The van der Waals surface area contributed by atoms with Crippen LogP contribution in [-0.4, -0.2) is 35.6 Å². The summed E-state index contributed by atoms with van der Waals surface area (Å²) >= 11 is 0. The van der Waals surface area contributed by atoms with Gasteiger partial charge in [0.1, 0.15) is 0 Å². The summed E-state index contributed by atoms with van der Waals surface area (Å²) in [5.74, 6) is 2.29. The Kier molecular flexibility index (Phi) is 3.50. The molecule has 1 rings (SSSR count). The Hall–Kier alpha value is -1.05. The molecule has 0 aromatic rings. The van der Waals surface area contributed by atoms with Crippen molar-refractivity contribution in [1.82, 2.24) is 10.4 Å². The van der Waals surface area contributed by atoms with Crippen molar-refractivity contribution in [3.8, 4) is 12.3 Å². The summed E-state index contributed by atoms with van der Waals surface area (Å²) in [6, 6.07) is 0. The van der Waals surface area contributed by atoms with E-state index in [9.17, 15) is 4.79 Å². The number of carbonyl (C=O) groups excluding carboxylic acids is 1. The second-order valence-electron chi connectivity index (χ2n) is 3.98. The van der Waals surface area contributed by atoms with Gasteiger partial charge in [0.25, 0.3) is 0 Å². The van der Waals surface area contributed by atoms with E-state index in [4.69, 9.17) is 11.6 Å². The Morgan fingerprint density at radius 3 is 2.64 bits per heavy atom. The molecule has 2 N–H and O–H groups in total. The van der Waals surface area contributed by atoms with Gasteiger partial charge in [-0.3, -0.25) is 14.9 Å². The zero-order valence-corrected chi connectivity index (χ0v) is 8.42. The van der Waals surface area contributed by atoms with Crippen LogP contribution in [0.3, 0.4) is 0 Å². The van der Waals surface area contributed by atoms with E-state index in [1.54, 1.807) is 5.48 Å². The average Bonchev–Trinajstić information content (AvgIpc) is 2.21. The fourth-order valence-electron chi connectivity index (χ4n) is 1.70. The number of hydrogen-bond acceptors (Lipinski definition) is 3. The number of hydrogen-bond donors (Lipinski definition) is 2. The molecular formula is C10H16N2O2. The Balaban J connectivity index is 2.49. The van der Waals surface area contributed by atoms with Crippen molar-refractivity contribution in [1.29, 1.82) is 0 Å². The highest BCUT2D eigenvalue weighted by Gasteiger charge is 2.36. The summed E-state index contributed by atoms with van der Waals surface area (Å²) in [6.45, 7) is 4.13. The van der Waals surface area contributed by atoms with Crippen molar-refractivity contribution in [3.05, 3.63) is 0 Å². The minimum atomic E-state index is -0.445. The van der Waals surface area contributed by atoms with Crippen molar-refractivity contribution < 1.29 is 10.0 Å². The van der Waals surface area contributed by atoms with E-state index < -0.39 is 5.41 Å². The molecule has 0 unspecified atom stereocenters. The Bertz CT molecular complexity index is 249. The molecule has 0 bridgehead atoms. The van der Waals surface area contributed by atoms with Crippen molar-refractivity contribution >= 4 is 5.91 Å². The Morgan fingerprint density at radius 2 is 2.21 bits per heavy atom. The van der Waals surface area contributed by atoms with Gasteiger partial charge in [-0.1, -0.05) is 12.8 Å². The molecule has 1 heterocycles. The van der Waals surface area contributed by atoms with Gasteiger partial charge in [0, 0.05) is 13.1 Å². The third-order valence-corrected chi connectivity index (χ3v) is 2.92. The molecule has 0 saturated carbocycles. The molecule has 4 heteroatoms. The Morgan fingerprint density at radius 1 is 1.64 bits per heavy atom. The third kappa shape index (κ3) is 2.25. The molecule has 0 aliphatic carbocycles. The van der Waals surface area contributed by atoms with Gasteiger partial charge in [-0.2, -0.15) is 0 Å². The van der Waals surface area contributed by atoms with Gasteiger partial charge in [-0.25, -0.2) is 5.48 Å². The average molecular weight is 196 g/mol.